The zero-order valence-corrected chi connectivity index (χ0v) is 13.5. The highest BCUT2D eigenvalue weighted by Gasteiger charge is 2.18. The summed E-state index contributed by atoms with van der Waals surface area (Å²) in [5.41, 5.74) is 2.04. The Kier molecular flexibility index (Phi) is 4.34. The summed E-state index contributed by atoms with van der Waals surface area (Å²) in [5.74, 6) is 1.93. The summed E-state index contributed by atoms with van der Waals surface area (Å²) in [4.78, 5) is 2.38. The summed E-state index contributed by atoms with van der Waals surface area (Å²) in [5, 5.41) is 8.26. The van der Waals surface area contributed by atoms with Gasteiger partial charge < -0.3 is 15.0 Å². The molecule has 0 aliphatic carbocycles. The van der Waals surface area contributed by atoms with Crippen molar-refractivity contribution in [1.82, 2.24) is 14.7 Å². The van der Waals surface area contributed by atoms with Gasteiger partial charge in [0, 0.05) is 24.7 Å². The zero-order valence-electron chi connectivity index (χ0n) is 13.5. The van der Waals surface area contributed by atoms with Crippen LogP contribution in [0.3, 0.4) is 0 Å². The van der Waals surface area contributed by atoms with Crippen molar-refractivity contribution in [1.29, 1.82) is 0 Å². The van der Waals surface area contributed by atoms with E-state index in [-0.39, 0.29) is 0 Å². The van der Waals surface area contributed by atoms with Crippen LogP contribution in [-0.2, 0) is 7.05 Å². The van der Waals surface area contributed by atoms with E-state index in [1.165, 1.54) is 12.8 Å². The molecule has 0 spiro atoms. The van der Waals surface area contributed by atoms with Crippen LogP contribution in [0.4, 0.5) is 5.82 Å². The van der Waals surface area contributed by atoms with Crippen molar-refractivity contribution < 1.29 is 4.74 Å². The summed E-state index contributed by atoms with van der Waals surface area (Å²) in [6, 6.07) is 10.7. The molecule has 0 unspecified atom stereocenters. The molecule has 1 aliphatic rings. The van der Waals surface area contributed by atoms with Gasteiger partial charge in [0.25, 0.3) is 0 Å². The predicted molar refractivity (Wildman–Crippen MR) is 89.3 cm³/mol. The van der Waals surface area contributed by atoms with Crippen LogP contribution in [0.25, 0.3) is 11.3 Å². The molecule has 1 N–H and O–H groups in total. The van der Waals surface area contributed by atoms with Gasteiger partial charge in [-0.05, 0) is 45.1 Å². The first-order valence-corrected chi connectivity index (χ1v) is 7.79. The lowest BCUT2D eigenvalue weighted by atomic mass is 10.1. The Balaban J connectivity index is 1.75. The van der Waals surface area contributed by atoms with E-state index in [9.17, 15) is 0 Å². The Morgan fingerprint density at radius 2 is 1.95 bits per heavy atom. The molecule has 0 saturated carbocycles. The molecule has 5 heteroatoms. The SMILES string of the molecule is COc1cccc(-c2cc(NC3CCN(C)CC3)n(C)n2)c1. The average molecular weight is 300 g/mol. The summed E-state index contributed by atoms with van der Waals surface area (Å²) >= 11 is 0. The second-order valence-corrected chi connectivity index (χ2v) is 5.99. The number of piperidine rings is 1. The number of benzene rings is 1. The number of aryl methyl sites for hydroxylation is 1. The molecule has 0 atom stereocenters. The normalized spacial score (nSPS) is 16.7. The van der Waals surface area contributed by atoms with Crippen molar-refractivity contribution in [3.05, 3.63) is 30.3 Å². The smallest absolute Gasteiger partial charge is 0.124 e. The van der Waals surface area contributed by atoms with Gasteiger partial charge in [0.05, 0.1) is 12.8 Å². The molecule has 1 aromatic heterocycles. The van der Waals surface area contributed by atoms with Crippen molar-refractivity contribution in [2.24, 2.45) is 7.05 Å². The summed E-state index contributed by atoms with van der Waals surface area (Å²) in [6.45, 7) is 2.30. The lowest BCUT2D eigenvalue weighted by Gasteiger charge is -2.29. The Morgan fingerprint density at radius 1 is 1.18 bits per heavy atom. The van der Waals surface area contributed by atoms with Crippen LogP contribution in [0.5, 0.6) is 5.75 Å². The molecule has 0 bridgehead atoms. The molecular formula is C17H24N4O. The second kappa shape index (κ2) is 6.40. The van der Waals surface area contributed by atoms with Crippen LogP contribution in [0.1, 0.15) is 12.8 Å². The van der Waals surface area contributed by atoms with Crippen LogP contribution in [0, 0.1) is 0 Å². The third-order valence-electron chi connectivity index (χ3n) is 4.32. The molecule has 1 aliphatic heterocycles. The molecule has 3 rings (SSSR count). The maximum Gasteiger partial charge on any atom is 0.124 e. The van der Waals surface area contributed by atoms with E-state index in [2.05, 4.69) is 34.5 Å². The molecule has 118 valence electrons. The number of aromatic nitrogens is 2. The van der Waals surface area contributed by atoms with Crippen molar-refractivity contribution in [2.75, 3.05) is 32.6 Å². The van der Waals surface area contributed by atoms with Gasteiger partial charge in [-0.15, -0.1) is 0 Å². The summed E-state index contributed by atoms with van der Waals surface area (Å²) in [6.07, 6.45) is 2.35. The molecule has 2 aromatic rings. The van der Waals surface area contributed by atoms with E-state index >= 15 is 0 Å². The highest BCUT2D eigenvalue weighted by molar-refractivity contribution is 5.64. The number of hydrogen-bond acceptors (Lipinski definition) is 4. The minimum atomic E-state index is 0.532. The van der Waals surface area contributed by atoms with Crippen molar-refractivity contribution in [3.63, 3.8) is 0 Å². The highest BCUT2D eigenvalue weighted by atomic mass is 16.5. The van der Waals surface area contributed by atoms with Gasteiger partial charge in [0.15, 0.2) is 0 Å². The maximum absolute atomic E-state index is 5.29. The summed E-state index contributed by atoms with van der Waals surface area (Å²) in [7, 11) is 5.85. The largest absolute Gasteiger partial charge is 0.497 e. The Hall–Kier alpha value is -2.01. The summed E-state index contributed by atoms with van der Waals surface area (Å²) < 4.78 is 7.21. The number of rotatable bonds is 4. The van der Waals surface area contributed by atoms with Crippen LogP contribution in [0.15, 0.2) is 30.3 Å². The fourth-order valence-corrected chi connectivity index (χ4v) is 2.89. The minimum Gasteiger partial charge on any atom is -0.497 e. The van der Waals surface area contributed by atoms with Crippen molar-refractivity contribution in [2.45, 2.75) is 18.9 Å². The van der Waals surface area contributed by atoms with Gasteiger partial charge in [0.1, 0.15) is 11.6 Å². The van der Waals surface area contributed by atoms with Crippen LogP contribution >= 0.6 is 0 Å². The molecular weight excluding hydrogens is 276 g/mol. The molecule has 2 heterocycles. The Morgan fingerprint density at radius 3 is 2.68 bits per heavy atom. The fraction of sp³-hybridized carbons (Fsp3) is 0.471. The van der Waals surface area contributed by atoms with E-state index in [0.29, 0.717) is 6.04 Å². The third-order valence-corrected chi connectivity index (χ3v) is 4.32. The Labute approximate surface area is 131 Å². The van der Waals surface area contributed by atoms with E-state index in [4.69, 9.17) is 4.74 Å². The van der Waals surface area contributed by atoms with Crippen molar-refractivity contribution >= 4 is 5.82 Å². The first kappa shape index (κ1) is 14.9. The lowest BCUT2D eigenvalue weighted by molar-refractivity contribution is 0.263. The van der Waals surface area contributed by atoms with E-state index in [1.807, 2.05) is 29.9 Å². The predicted octanol–water partition coefficient (Wildman–Crippen LogP) is 2.60. The van der Waals surface area contributed by atoms with E-state index < -0.39 is 0 Å². The first-order valence-electron chi connectivity index (χ1n) is 7.79. The maximum atomic E-state index is 5.29. The number of methoxy groups -OCH3 is 1. The highest BCUT2D eigenvalue weighted by Crippen LogP contribution is 2.26. The van der Waals surface area contributed by atoms with Crippen LogP contribution in [-0.4, -0.2) is 48.0 Å². The van der Waals surface area contributed by atoms with Gasteiger partial charge in [-0.1, -0.05) is 12.1 Å². The second-order valence-electron chi connectivity index (χ2n) is 5.99. The first-order chi connectivity index (χ1) is 10.7. The number of anilines is 1. The lowest BCUT2D eigenvalue weighted by Crippen LogP contribution is -2.37. The van der Waals surface area contributed by atoms with E-state index in [0.717, 1.165) is 35.9 Å². The quantitative estimate of drug-likeness (QED) is 0.942. The van der Waals surface area contributed by atoms with Gasteiger partial charge in [0.2, 0.25) is 0 Å². The van der Waals surface area contributed by atoms with Gasteiger partial charge >= 0.3 is 0 Å². The molecule has 0 radical (unpaired) electrons. The molecule has 1 fully saturated rings. The third kappa shape index (κ3) is 3.25. The van der Waals surface area contributed by atoms with Gasteiger partial charge in [-0.2, -0.15) is 5.10 Å². The molecule has 5 nitrogen and oxygen atoms in total. The van der Waals surface area contributed by atoms with Crippen LogP contribution in [0.2, 0.25) is 0 Å². The minimum absolute atomic E-state index is 0.532. The number of nitrogens with one attached hydrogen (secondary N) is 1. The number of likely N-dealkylation sites (tertiary alicyclic amines) is 1. The van der Waals surface area contributed by atoms with Gasteiger partial charge in [-0.25, -0.2) is 0 Å². The Bertz CT molecular complexity index is 629. The molecule has 1 saturated heterocycles. The average Bonchev–Trinajstić information content (AvgIpc) is 2.91. The van der Waals surface area contributed by atoms with E-state index in [1.54, 1.807) is 7.11 Å². The molecule has 1 aromatic carbocycles. The van der Waals surface area contributed by atoms with Crippen LogP contribution < -0.4 is 10.1 Å². The number of nitrogens with zero attached hydrogens (tertiary/aromatic N) is 3. The monoisotopic (exact) mass is 300 g/mol. The number of ether oxygens (including phenoxy) is 1. The molecule has 0 amide bonds. The standard InChI is InChI=1S/C17H24N4O/c1-20-9-7-14(8-10-20)18-17-12-16(19-21(17)2)13-5-4-6-15(11-13)22-3/h4-6,11-12,14,18H,7-10H2,1-3H3. The zero-order chi connectivity index (χ0) is 15.5. The molecule has 22 heavy (non-hydrogen) atoms. The number of hydrogen-bond donors (Lipinski definition) is 1. The van der Waals surface area contributed by atoms with Gasteiger partial charge in [-0.3, -0.25) is 4.68 Å². The van der Waals surface area contributed by atoms with Crippen molar-refractivity contribution in [3.8, 4) is 17.0 Å². The fourth-order valence-electron chi connectivity index (χ4n) is 2.89. The topological polar surface area (TPSA) is 42.3 Å².